The van der Waals surface area contributed by atoms with E-state index in [2.05, 4.69) is 60.8 Å². The maximum atomic E-state index is 2.26. The second-order valence-corrected chi connectivity index (χ2v) is 6.28. The Balaban J connectivity index is 2.47. The van der Waals surface area contributed by atoms with Gasteiger partial charge in [-0.25, -0.2) is 0 Å². The van der Waals surface area contributed by atoms with Crippen LogP contribution in [0.25, 0.3) is 0 Å². The summed E-state index contributed by atoms with van der Waals surface area (Å²) >= 11 is 0. The molecule has 142 valence electrons. The minimum absolute atomic E-state index is 1.18. The Morgan fingerprint density at radius 1 is 0.222 bits per heavy atom. The Morgan fingerprint density at radius 3 is 0.741 bits per heavy atom. The second kappa shape index (κ2) is 19.7. The van der Waals surface area contributed by atoms with Gasteiger partial charge >= 0.3 is 0 Å². The molecule has 0 aromatic heterocycles. The van der Waals surface area contributed by atoms with Gasteiger partial charge in [-0.05, 0) is 25.7 Å². The van der Waals surface area contributed by atoms with Gasteiger partial charge < -0.3 is 0 Å². The summed E-state index contributed by atoms with van der Waals surface area (Å²) in [5.41, 5.74) is 0. The number of hydrogen-bond acceptors (Lipinski definition) is 0. The summed E-state index contributed by atoms with van der Waals surface area (Å²) in [5.74, 6) is 0. The average molecular weight is 359 g/mol. The van der Waals surface area contributed by atoms with E-state index in [0.29, 0.717) is 0 Å². The van der Waals surface area contributed by atoms with Gasteiger partial charge in [0.05, 0.1) is 0 Å². The highest BCUT2D eigenvalue weighted by atomic mass is 13.9. The molecular formula is C27H34. The summed E-state index contributed by atoms with van der Waals surface area (Å²) in [6.07, 6.45) is 50.5. The molecule has 0 amide bonds. The maximum Gasteiger partial charge on any atom is -0.0348 e. The van der Waals surface area contributed by atoms with Gasteiger partial charge in [0.25, 0.3) is 0 Å². The van der Waals surface area contributed by atoms with Gasteiger partial charge in [-0.2, -0.15) is 0 Å². The van der Waals surface area contributed by atoms with Crippen LogP contribution in [-0.4, -0.2) is 0 Å². The second-order valence-electron chi connectivity index (χ2n) is 6.28. The van der Waals surface area contributed by atoms with Crippen molar-refractivity contribution in [2.75, 3.05) is 0 Å². The molecule has 0 atom stereocenters. The van der Waals surface area contributed by atoms with Crippen molar-refractivity contribution >= 4 is 0 Å². The van der Waals surface area contributed by atoms with Gasteiger partial charge in [-0.1, -0.05) is 141 Å². The molecule has 1 aliphatic carbocycles. The van der Waals surface area contributed by atoms with Gasteiger partial charge in [-0.15, -0.1) is 0 Å². The van der Waals surface area contributed by atoms with E-state index in [0.717, 1.165) is 0 Å². The Kier molecular flexibility index (Phi) is 16.4. The zero-order valence-electron chi connectivity index (χ0n) is 16.5. The minimum atomic E-state index is 1.18. The van der Waals surface area contributed by atoms with E-state index in [9.17, 15) is 0 Å². The van der Waals surface area contributed by atoms with Gasteiger partial charge in [-0.3, -0.25) is 0 Å². The quantitative estimate of drug-likeness (QED) is 0.408. The first-order valence-corrected chi connectivity index (χ1v) is 10.1. The summed E-state index contributed by atoms with van der Waals surface area (Å²) < 4.78 is 0. The molecule has 0 N–H and O–H groups in total. The van der Waals surface area contributed by atoms with Crippen molar-refractivity contribution in [3.8, 4) is 0 Å². The predicted molar refractivity (Wildman–Crippen MR) is 124 cm³/mol. The van der Waals surface area contributed by atoms with E-state index in [1.54, 1.807) is 0 Å². The molecule has 0 saturated heterocycles. The zero-order chi connectivity index (χ0) is 19.1. The fourth-order valence-corrected chi connectivity index (χ4v) is 2.43. The van der Waals surface area contributed by atoms with Crippen LogP contribution in [0.4, 0.5) is 0 Å². The average Bonchev–Trinajstić information content (AvgIpc) is 2.68. The number of rotatable bonds is 0. The van der Waals surface area contributed by atoms with E-state index in [1.165, 1.54) is 44.9 Å². The fourth-order valence-electron chi connectivity index (χ4n) is 2.43. The molecule has 0 unspecified atom stereocenters. The van der Waals surface area contributed by atoms with Crippen molar-refractivity contribution in [2.24, 2.45) is 0 Å². The summed E-state index contributed by atoms with van der Waals surface area (Å²) in [7, 11) is 0. The minimum Gasteiger partial charge on any atom is -0.0845 e. The zero-order valence-corrected chi connectivity index (χ0v) is 16.5. The molecular weight excluding hydrogens is 324 g/mol. The highest BCUT2D eigenvalue weighted by Gasteiger charge is 1.88. The van der Waals surface area contributed by atoms with Crippen molar-refractivity contribution in [3.05, 3.63) is 122 Å². The van der Waals surface area contributed by atoms with Crippen LogP contribution in [0, 0.1) is 0 Å². The lowest BCUT2D eigenvalue weighted by atomic mass is 10.1. The molecule has 0 radical (unpaired) electrons. The topological polar surface area (TPSA) is 0 Å². The van der Waals surface area contributed by atoms with Crippen LogP contribution in [-0.2, 0) is 0 Å². The highest BCUT2D eigenvalue weighted by molar-refractivity contribution is 5.22. The van der Waals surface area contributed by atoms with Crippen molar-refractivity contribution < 1.29 is 0 Å². The third-order valence-electron chi connectivity index (χ3n) is 3.90. The smallest absolute Gasteiger partial charge is 0.0348 e. The molecule has 0 saturated carbocycles. The molecule has 0 fully saturated rings. The Labute approximate surface area is 166 Å². The lowest BCUT2D eigenvalue weighted by molar-refractivity contribution is 0.622. The van der Waals surface area contributed by atoms with Crippen molar-refractivity contribution in [2.45, 2.75) is 44.9 Å². The van der Waals surface area contributed by atoms with Crippen molar-refractivity contribution in [1.29, 1.82) is 0 Å². The molecule has 1 rings (SSSR count). The van der Waals surface area contributed by atoms with Crippen LogP contribution in [0.5, 0.6) is 0 Å². The van der Waals surface area contributed by atoms with Gasteiger partial charge in [0.15, 0.2) is 0 Å². The van der Waals surface area contributed by atoms with Crippen LogP contribution in [0.15, 0.2) is 122 Å². The summed E-state index contributed by atoms with van der Waals surface area (Å²) in [6, 6.07) is 0. The predicted octanol–water partition coefficient (Wildman–Crippen LogP) is 8.29. The first-order chi connectivity index (χ1) is 13.5. The van der Waals surface area contributed by atoms with E-state index in [4.69, 9.17) is 0 Å². The van der Waals surface area contributed by atoms with Crippen LogP contribution < -0.4 is 0 Å². The van der Waals surface area contributed by atoms with Gasteiger partial charge in [0, 0.05) is 0 Å². The van der Waals surface area contributed by atoms with Crippen LogP contribution >= 0.6 is 0 Å². The van der Waals surface area contributed by atoms with E-state index in [-0.39, 0.29) is 0 Å². The van der Waals surface area contributed by atoms with Crippen LogP contribution in [0.2, 0.25) is 0 Å². The summed E-state index contributed by atoms with van der Waals surface area (Å²) in [4.78, 5) is 0. The normalized spacial score (nSPS) is 18.1. The SMILES string of the molecule is C1=CC=CC=CC=CC=CCCCCCCCC=CC=CC=CC=CC=C1. The summed E-state index contributed by atoms with van der Waals surface area (Å²) in [6.45, 7) is 0. The molecule has 27 heavy (non-hydrogen) atoms. The Bertz CT molecular complexity index is 569. The van der Waals surface area contributed by atoms with E-state index >= 15 is 0 Å². The monoisotopic (exact) mass is 358 g/mol. The largest absolute Gasteiger partial charge is 0.0845 e. The van der Waals surface area contributed by atoms with E-state index < -0.39 is 0 Å². The molecule has 0 aliphatic heterocycles. The third kappa shape index (κ3) is 18.0. The van der Waals surface area contributed by atoms with E-state index in [1.807, 2.05) is 60.8 Å². The van der Waals surface area contributed by atoms with Crippen molar-refractivity contribution in [3.63, 3.8) is 0 Å². The number of hydrogen-bond donors (Lipinski definition) is 0. The first kappa shape index (κ1) is 22.4. The maximum absolute atomic E-state index is 2.26. The van der Waals surface area contributed by atoms with Gasteiger partial charge in [0.2, 0.25) is 0 Å². The molecule has 0 aromatic rings. The van der Waals surface area contributed by atoms with Crippen LogP contribution in [0.3, 0.4) is 0 Å². The fraction of sp³-hybridized carbons (Fsp3) is 0.259. The van der Waals surface area contributed by atoms with Gasteiger partial charge in [0.1, 0.15) is 0 Å². The molecule has 0 heterocycles. The standard InChI is InChI=1S/C27H34/c1-2-4-6-8-10-12-14-16-18-20-22-24-26-27-25-23-21-19-17-15-13-11-9-7-5-3-1/h1-20H,21-27H2. The Morgan fingerprint density at radius 2 is 0.444 bits per heavy atom. The lowest BCUT2D eigenvalue weighted by Gasteiger charge is -1.97. The number of allylic oxidation sites excluding steroid dienone is 20. The lowest BCUT2D eigenvalue weighted by Crippen LogP contribution is -1.78. The summed E-state index contributed by atoms with van der Waals surface area (Å²) in [5, 5.41) is 0. The molecule has 0 bridgehead atoms. The molecule has 0 spiro atoms. The molecule has 0 aromatic carbocycles. The van der Waals surface area contributed by atoms with Crippen LogP contribution in [0.1, 0.15) is 44.9 Å². The highest BCUT2D eigenvalue weighted by Crippen LogP contribution is 2.08. The molecule has 0 heteroatoms. The third-order valence-corrected chi connectivity index (χ3v) is 3.90. The first-order valence-electron chi connectivity index (χ1n) is 10.1. The Hall–Kier alpha value is -2.60. The molecule has 0 nitrogen and oxygen atoms in total. The van der Waals surface area contributed by atoms with Crippen molar-refractivity contribution in [1.82, 2.24) is 0 Å². The molecule has 1 aliphatic rings.